The van der Waals surface area contributed by atoms with Gasteiger partial charge in [-0.05, 0) is 41.4 Å². The molecule has 12 heavy (non-hydrogen) atoms. The molecule has 2 N–H and O–H groups in total. The zero-order valence-electron chi connectivity index (χ0n) is 7.02. The highest BCUT2D eigenvalue weighted by molar-refractivity contribution is 9.10. The molecule has 1 aromatic carbocycles. The van der Waals surface area contributed by atoms with Crippen molar-refractivity contribution < 1.29 is 4.79 Å². The molecular formula is C9H10BrNO. The Kier molecular flexibility index (Phi) is 2.52. The fourth-order valence-electron chi connectivity index (χ4n) is 1.05. The second-order valence-corrected chi connectivity index (χ2v) is 3.56. The molecular weight excluding hydrogens is 218 g/mol. The Bertz CT molecular complexity index is 334. The fraction of sp³-hybridized carbons (Fsp3) is 0.222. The molecule has 0 amide bonds. The van der Waals surface area contributed by atoms with Gasteiger partial charge in [-0.2, -0.15) is 0 Å². The van der Waals surface area contributed by atoms with Crippen molar-refractivity contribution >= 4 is 27.4 Å². The third-order valence-electron chi connectivity index (χ3n) is 1.76. The van der Waals surface area contributed by atoms with Crippen LogP contribution >= 0.6 is 15.9 Å². The lowest BCUT2D eigenvalue weighted by molar-refractivity contribution is 0.101. The van der Waals surface area contributed by atoms with Crippen molar-refractivity contribution in [2.75, 3.05) is 5.73 Å². The smallest absolute Gasteiger partial charge is 0.163 e. The van der Waals surface area contributed by atoms with E-state index in [1.807, 2.05) is 19.1 Å². The Labute approximate surface area is 79.9 Å². The van der Waals surface area contributed by atoms with Gasteiger partial charge >= 0.3 is 0 Å². The number of aryl methyl sites for hydroxylation is 1. The van der Waals surface area contributed by atoms with Crippen LogP contribution in [0.4, 0.5) is 5.69 Å². The summed E-state index contributed by atoms with van der Waals surface area (Å²) in [5, 5.41) is 0. The highest BCUT2D eigenvalue weighted by Gasteiger charge is 2.10. The van der Waals surface area contributed by atoms with Crippen LogP contribution in [0.2, 0.25) is 0 Å². The summed E-state index contributed by atoms with van der Waals surface area (Å²) in [5.41, 5.74) is 7.81. The number of anilines is 1. The van der Waals surface area contributed by atoms with Crippen molar-refractivity contribution in [1.82, 2.24) is 0 Å². The van der Waals surface area contributed by atoms with Gasteiger partial charge in [0.05, 0.1) is 5.56 Å². The van der Waals surface area contributed by atoms with Crippen LogP contribution in [-0.2, 0) is 0 Å². The molecule has 0 aliphatic carbocycles. The second kappa shape index (κ2) is 3.27. The van der Waals surface area contributed by atoms with Crippen LogP contribution in [0, 0.1) is 6.92 Å². The van der Waals surface area contributed by atoms with Gasteiger partial charge in [-0.25, -0.2) is 0 Å². The summed E-state index contributed by atoms with van der Waals surface area (Å²) >= 11 is 3.28. The van der Waals surface area contributed by atoms with E-state index in [1.54, 1.807) is 0 Å². The fourth-order valence-corrected chi connectivity index (χ4v) is 1.68. The molecule has 0 unspecified atom stereocenters. The van der Waals surface area contributed by atoms with E-state index in [9.17, 15) is 4.79 Å². The van der Waals surface area contributed by atoms with Crippen molar-refractivity contribution in [2.24, 2.45) is 0 Å². The highest BCUT2D eigenvalue weighted by atomic mass is 79.9. The number of nitrogen functional groups attached to an aromatic ring is 1. The molecule has 64 valence electrons. The van der Waals surface area contributed by atoms with Crippen LogP contribution in [-0.4, -0.2) is 5.78 Å². The van der Waals surface area contributed by atoms with E-state index in [0.717, 1.165) is 10.0 Å². The van der Waals surface area contributed by atoms with E-state index in [2.05, 4.69) is 15.9 Å². The number of hydrogen-bond donors (Lipinski definition) is 1. The van der Waals surface area contributed by atoms with E-state index < -0.39 is 0 Å². The Morgan fingerprint density at radius 2 is 2.08 bits per heavy atom. The van der Waals surface area contributed by atoms with Gasteiger partial charge in [0.15, 0.2) is 5.78 Å². The van der Waals surface area contributed by atoms with Crippen LogP contribution in [0.25, 0.3) is 0 Å². The number of halogens is 1. The number of rotatable bonds is 1. The number of nitrogens with two attached hydrogens (primary N) is 1. The summed E-state index contributed by atoms with van der Waals surface area (Å²) in [6, 6.07) is 3.72. The molecule has 1 rings (SSSR count). The normalized spacial score (nSPS) is 9.92. The number of carbonyl (C=O) groups excluding carboxylic acids is 1. The van der Waals surface area contributed by atoms with Crippen molar-refractivity contribution in [2.45, 2.75) is 13.8 Å². The molecule has 0 saturated heterocycles. The first-order chi connectivity index (χ1) is 5.54. The van der Waals surface area contributed by atoms with Gasteiger partial charge in [0, 0.05) is 10.2 Å². The van der Waals surface area contributed by atoms with Gasteiger partial charge in [-0.15, -0.1) is 0 Å². The van der Waals surface area contributed by atoms with Crippen LogP contribution in [0.5, 0.6) is 0 Å². The maximum atomic E-state index is 11.1. The standard InChI is InChI=1S/C9H10BrNO/c1-5-3-4-7(10)8(6(2)12)9(5)11/h3-4H,11H2,1-2H3. The number of ketones is 1. The summed E-state index contributed by atoms with van der Waals surface area (Å²) < 4.78 is 0.762. The quantitative estimate of drug-likeness (QED) is 0.592. The van der Waals surface area contributed by atoms with Crippen molar-refractivity contribution in [3.8, 4) is 0 Å². The van der Waals surface area contributed by atoms with E-state index in [-0.39, 0.29) is 5.78 Å². The Hall–Kier alpha value is -0.830. The van der Waals surface area contributed by atoms with Crippen LogP contribution in [0.15, 0.2) is 16.6 Å². The summed E-state index contributed by atoms with van der Waals surface area (Å²) in [5.74, 6) is -0.0110. The van der Waals surface area contributed by atoms with E-state index >= 15 is 0 Å². The first-order valence-electron chi connectivity index (χ1n) is 3.59. The van der Waals surface area contributed by atoms with Crippen molar-refractivity contribution in [3.63, 3.8) is 0 Å². The van der Waals surface area contributed by atoms with Gasteiger partial charge in [-0.1, -0.05) is 6.07 Å². The van der Waals surface area contributed by atoms with Crippen molar-refractivity contribution in [3.05, 3.63) is 27.7 Å². The maximum Gasteiger partial charge on any atom is 0.163 e. The van der Waals surface area contributed by atoms with Gasteiger partial charge in [0.1, 0.15) is 0 Å². The first kappa shape index (κ1) is 9.26. The highest BCUT2D eigenvalue weighted by Crippen LogP contribution is 2.25. The molecule has 0 saturated carbocycles. The lowest BCUT2D eigenvalue weighted by Crippen LogP contribution is -2.02. The van der Waals surface area contributed by atoms with Gasteiger partial charge in [0.2, 0.25) is 0 Å². The van der Waals surface area contributed by atoms with Gasteiger partial charge in [0.25, 0.3) is 0 Å². The van der Waals surface area contributed by atoms with E-state index in [1.165, 1.54) is 6.92 Å². The van der Waals surface area contributed by atoms with Gasteiger partial charge in [-0.3, -0.25) is 4.79 Å². The summed E-state index contributed by atoms with van der Waals surface area (Å²) in [6.07, 6.45) is 0. The molecule has 0 aliphatic heterocycles. The third-order valence-corrected chi connectivity index (χ3v) is 2.43. The summed E-state index contributed by atoms with van der Waals surface area (Å²) in [6.45, 7) is 3.39. The summed E-state index contributed by atoms with van der Waals surface area (Å²) in [4.78, 5) is 11.1. The third kappa shape index (κ3) is 1.50. The topological polar surface area (TPSA) is 43.1 Å². The minimum Gasteiger partial charge on any atom is -0.398 e. The molecule has 2 nitrogen and oxygen atoms in total. The van der Waals surface area contributed by atoms with Crippen molar-refractivity contribution in [1.29, 1.82) is 0 Å². The van der Waals surface area contributed by atoms with Crippen LogP contribution in [0.1, 0.15) is 22.8 Å². The molecule has 0 radical (unpaired) electrons. The molecule has 0 fully saturated rings. The van der Waals surface area contributed by atoms with Crippen LogP contribution < -0.4 is 5.73 Å². The minimum atomic E-state index is -0.0110. The molecule has 1 aromatic rings. The molecule has 0 aromatic heterocycles. The lowest BCUT2D eigenvalue weighted by atomic mass is 10.1. The average molecular weight is 228 g/mol. The molecule has 0 aliphatic rings. The average Bonchev–Trinajstić information content (AvgIpc) is 1.97. The molecule has 0 spiro atoms. The summed E-state index contributed by atoms with van der Waals surface area (Å²) in [7, 11) is 0. The SMILES string of the molecule is CC(=O)c1c(Br)ccc(C)c1N. The Morgan fingerprint density at radius 1 is 1.50 bits per heavy atom. The zero-order chi connectivity index (χ0) is 9.30. The largest absolute Gasteiger partial charge is 0.398 e. The van der Waals surface area contributed by atoms with E-state index in [4.69, 9.17) is 5.73 Å². The number of hydrogen-bond acceptors (Lipinski definition) is 2. The minimum absolute atomic E-state index is 0.0110. The predicted octanol–water partition coefficient (Wildman–Crippen LogP) is 2.54. The second-order valence-electron chi connectivity index (χ2n) is 2.71. The number of benzene rings is 1. The van der Waals surface area contributed by atoms with E-state index in [0.29, 0.717) is 11.3 Å². The monoisotopic (exact) mass is 227 g/mol. The number of Topliss-reactive ketones (excluding diaryl/α,β-unsaturated/α-hetero) is 1. The molecule has 0 atom stereocenters. The Balaban J connectivity index is 3.43. The lowest BCUT2D eigenvalue weighted by Gasteiger charge is -2.06. The van der Waals surface area contributed by atoms with Crippen LogP contribution in [0.3, 0.4) is 0 Å². The number of carbonyl (C=O) groups is 1. The predicted molar refractivity (Wildman–Crippen MR) is 53.3 cm³/mol. The molecule has 0 heterocycles. The Morgan fingerprint density at radius 3 is 2.50 bits per heavy atom. The first-order valence-corrected chi connectivity index (χ1v) is 4.39. The molecule has 3 heteroatoms. The zero-order valence-corrected chi connectivity index (χ0v) is 8.60. The maximum absolute atomic E-state index is 11.1. The molecule has 0 bridgehead atoms. The van der Waals surface area contributed by atoms with Gasteiger partial charge < -0.3 is 5.73 Å².